The monoisotopic (exact) mass is 239 g/mol. The van der Waals surface area contributed by atoms with Crippen LogP contribution in [0.2, 0.25) is 0 Å². The van der Waals surface area contributed by atoms with E-state index in [0.29, 0.717) is 38.3 Å². The quantitative estimate of drug-likeness (QED) is 0.781. The van der Waals surface area contributed by atoms with Crippen LogP contribution in [0, 0.1) is 4.91 Å². The summed E-state index contributed by atoms with van der Waals surface area (Å²) >= 11 is 0. The second-order valence-corrected chi connectivity index (χ2v) is 3.89. The maximum atomic E-state index is 10.8. The van der Waals surface area contributed by atoms with Crippen molar-refractivity contribution < 1.29 is 14.3 Å². The van der Waals surface area contributed by atoms with Crippen molar-refractivity contribution in [1.29, 1.82) is 0 Å². The van der Waals surface area contributed by atoms with Gasteiger partial charge in [0.25, 0.3) is 0 Å². The molecule has 0 bridgehead atoms. The number of aromatic carboxylic acids is 1. The zero-order valence-corrected chi connectivity index (χ0v) is 9.20. The lowest BCUT2D eigenvalue weighted by atomic mass is 10.2. The van der Waals surface area contributed by atoms with Crippen molar-refractivity contribution in [3.05, 3.63) is 28.6 Å². The first-order chi connectivity index (χ1) is 8.20. The van der Waals surface area contributed by atoms with E-state index in [9.17, 15) is 9.70 Å². The van der Waals surface area contributed by atoms with Crippen LogP contribution in [0.4, 0.5) is 0 Å². The highest BCUT2D eigenvalue weighted by atomic mass is 16.4. The van der Waals surface area contributed by atoms with Gasteiger partial charge in [0.05, 0.1) is 24.6 Å². The first-order valence-corrected chi connectivity index (χ1v) is 5.31. The predicted molar refractivity (Wildman–Crippen MR) is 58.3 cm³/mol. The zero-order chi connectivity index (χ0) is 12.3. The predicted octanol–water partition coefficient (Wildman–Crippen LogP) is 0.777. The van der Waals surface area contributed by atoms with Crippen LogP contribution in [-0.4, -0.2) is 47.2 Å². The lowest BCUT2D eigenvalue weighted by Gasteiger charge is -2.30. The van der Waals surface area contributed by atoms with Gasteiger partial charge in [-0.15, -0.1) is 4.91 Å². The van der Waals surface area contributed by atoms with Crippen molar-refractivity contribution in [2.45, 2.75) is 6.54 Å². The highest BCUT2D eigenvalue weighted by molar-refractivity contribution is 5.86. The first-order valence-electron chi connectivity index (χ1n) is 5.31. The van der Waals surface area contributed by atoms with Gasteiger partial charge < -0.3 is 9.52 Å². The summed E-state index contributed by atoms with van der Waals surface area (Å²) in [6.07, 6.45) is 1.38. The minimum Gasteiger partial charge on any atom is -0.475 e. The fourth-order valence-corrected chi connectivity index (χ4v) is 1.87. The molecule has 1 aromatic rings. The van der Waals surface area contributed by atoms with E-state index in [1.54, 1.807) is 6.07 Å². The van der Waals surface area contributed by atoms with Crippen LogP contribution in [0.25, 0.3) is 0 Å². The molecule has 0 radical (unpaired) electrons. The number of carboxylic acid groups (broad SMARTS) is 1. The van der Waals surface area contributed by atoms with E-state index in [-0.39, 0.29) is 5.76 Å². The highest BCUT2D eigenvalue weighted by Crippen LogP contribution is 2.14. The topological polar surface area (TPSA) is 86.4 Å². The molecule has 1 N–H and O–H groups in total. The molecule has 0 amide bonds. The lowest BCUT2D eigenvalue weighted by Crippen LogP contribution is -2.43. The Kier molecular flexibility index (Phi) is 3.38. The normalized spacial score (nSPS) is 17.1. The maximum absolute atomic E-state index is 10.8. The van der Waals surface area contributed by atoms with Crippen molar-refractivity contribution in [2.75, 3.05) is 26.2 Å². The molecule has 0 aliphatic carbocycles. The van der Waals surface area contributed by atoms with Crippen molar-refractivity contribution in [3.63, 3.8) is 0 Å². The lowest BCUT2D eigenvalue weighted by molar-refractivity contribution is 0.0657. The minimum absolute atomic E-state index is 0.0130. The Balaban J connectivity index is 1.95. The third kappa shape index (κ3) is 2.62. The number of rotatable bonds is 4. The Bertz CT molecular complexity index is 409. The number of nitroso groups, excluding NO2 is 1. The van der Waals surface area contributed by atoms with Crippen LogP contribution in [0.1, 0.15) is 16.1 Å². The Morgan fingerprint density at radius 3 is 2.71 bits per heavy atom. The summed E-state index contributed by atoms with van der Waals surface area (Å²) in [6.45, 7) is 3.05. The second-order valence-electron chi connectivity index (χ2n) is 3.89. The molecule has 1 saturated heterocycles. The van der Waals surface area contributed by atoms with Crippen molar-refractivity contribution in [1.82, 2.24) is 9.91 Å². The van der Waals surface area contributed by atoms with Crippen LogP contribution in [0.15, 0.2) is 22.0 Å². The largest absolute Gasteiger partial charge is 0.475 e. The molecule has 0 unspecified atom stereocenters. The van der Waals surface area contributed by atoms with Gasteiger partial charge in [0.1, 0.15) is 0 Å². The molecule has 1 aromatic heterocycles. The standard InChI is InChI=1S/C10H13N3O4/c14-10(15)9-8(1-6-17-9)7-12-2-4-13(11-16)5-3-12/h1,6H,2-5,7H2,(H,14,15). The van der Waals surface area contributed by atoms with Crippen LogP contribution >= 0.6 is 0 Å². The SMILES string of the molecule is O=NN1CCN(Cc2ccoc2C(=O)O)CC1. The van der Waals surface area contributed by atoms with Gasteiger partial charge in [-0.1, -0.05) is 0 Å². The molecule has 7 heteroatoms. The van der Waals surface area contributed by atoms with Crippen LogP contribution in [0.5, 0.6) is 0 Å². The van der Waals surface area contributed by atoms with E-state index in [1.165, 1.54) is 11.3 Å². The minimum atomic E-state index is -1.06. The molecular formula is C10H13N3O4. The molecule has 1 aliphatic rings. The second kappa shape index (κ2) is 4.96. The van der Waals surface area contributed by atoms with Crippen LogP contribution in [-0.2, 0) is 6.54 Å². The Morgan fingerprint density at radius 1 is 1.41 bits per heavy atom. The van der Waals surface area contributed by atoms with E-state index < -0.39 is 5.97 Å². The van der Waals surface area contributed by atoms with Gasteiger partial charge in [0.2, 0.25) is 5.76 Å². The molecular weight excluding hydrogens is 226 g/mol. The van der Waals surface area contributed by atoms with E-state index in [2.05, 4.69) is 10.2 Å². The van der Waals surface area contributed by atoms with Gasteiger partial charge in [0, 0.05) is 25.2 Å². The van der Waals surface area contributed by atoms with Crippen LogP contribution < -0.4 is 0 Å². The fraction of sp³-hybridized carbons (Fsp3) is 0.500. The van der Waals surface area contributed by atoms with E-state index in [0.717, 1.165) is 0 Å². The van der Waals surface area contributed by atoms with Gasteiger partial charge >= 0.3 is 5.97 Å². The number of carbonyl (C=O) groups is 1. The third-order valence-corrected chi connectivity index (χ3v) is 2.80. The molecule has 1 fully saturated rings. The Hall–Kier alpha value is -1.89. The molecule has 92 valence electrons. The Labute approximate surface area is 97.5 Å². The summed E-state index contributed by atoms with van der Waals surface area (Å²) in [6, 6.07) is 1.66. The number of carboxylic acids is 1. The smallest absolute Gasteiger partial charge is 0.372 e. The number of hydrogen-bond acceptors (Lipinski definition) is 5. The van der Waals surface area contributed by atoms with Gasteiger partial charge in [-0.05, 0) is 6.07 Å². The van der Waals surface area contributed by atoms with Gasteiger partial charge in [-0.25, -0.2) is 4.79 Å². The molecule has 7 nitrogen and oxygen atoms in total. The van der Waals surface area contributed by atoms with E-state index >= 15 is 0 Å². The molecule has 0 atom stereocenters. The Morgan fingerprint density at radius 2 is 2.12 bits per heavy atom. The number of nitrogens with zero attached hydrogens (tertiary/aromatic N) is 3. The number of piperazine rings is 1. The van der Waals surface area contributed by atoms with Gasteiger partial charge in [-0.3, -0.25) is 9.91 Å². The fourth-order valence-electron chi connectivity index (χ4n) is 1.87. The van der Waals surface area contributed by atoms with Crippen molar-refractivity contribution in [2.24, 2.45) is 5.29 Å². The molecule has 2 heterocycles. The summed E-state index contributed by atoms with van der Waals surface area (Å²) in [5.74, 6) is -1.07. The van der Waals surface area contributed by atoms with Gasteiger partial charge in [-0.2, -0.15) is 0 Å². The summed E-state index contributed by atoms with van der Waals surface area (Å²) < 4.78 is 4.90. The third-order valence-electron chi connectivity index (χ3n) is 2.80. The summed E-state index contributed by atoms with van der Waals surface area (Å²) in [7, 11) is 0. The average molecular weight is 239 g/mol. The zero-order valence-electron chi connectivity index (χ0n) is 9.20. The van der Waals surface area contributed by atoms with Crippen LogP contribution in [0.3, 0.4) is 0 Å². The molecule has 2 rings (SSSR count). The highest BCUT2D eigenvalue weighted by Gasteiger charge is 2.20. The molecule has 0 saturated carbocycles. The molecule has 0 aromatic carbocycles. The number of furan rings is 1. The van der Waals surface area contributed by atoms with E-state index in [4.69, 9.17) is 9.52 Å². The summed E-state index contributed by atoms with van der Waals surface area (Å²) in [5.41, 5.74) is 0.657. The maximum Gasteiger partial charge on any atom is 0.372 e. The summed E-state index contributed by atoms with van der Waals surface area (Å²) in [5, 5.41) is 13.2. The molecule has 17 heavy (non-hydrogen) atoms. The van der Waals surface area contributed by atoms with Crippen molar-refractivity contribution in [3.8, 4) is 0 Å². The molecule has 1 aliphatic heterocycles. The first kappa shape index (κ1) is 11.6. The average Bonchev–Trinajstić information content (AvgIpc) is 2.78. The summed E-state index contributed by atoms with van der Waals surface area (Å²) in [4.78, 5) is 23.2. The molecule has 0 spiro atoms. The number of hydrogen-bond donors (Lipinski definition) is 1. The van der Waals surface area contributed by atoms with Gasteiger partial charge in [0.15, 0.2) is 0 Å². The van der Waals surface area contributed by atoms with Crippen molar-refractivity contribution >= 4 is 5.97 Å². The van der Waals surface area contributed by atoms with E-state index in [1.807, 2.05) is 0 Å².